The predicted molar refractivity (Wildman–Crippen MR) is 78.9 cm³/mol. The Balaban J connectivity index is 2.28. The minimum absolute atomic E-state index is 0.563. The van der Waals surface area contributed by atoms with Gasteiger partial charge in [0.05, 0.1) is 6.10 Å². The van der Waals surface area contributed by atoms with Gasteiger partial charge < -0.3 is 10.1 Å². The Morgan fingerprint density at radius 3 is 2.44 bits per heavy atom. The highest BCUT2D eigenvalue weighted by atomic mass is 16.5. The highest BCUT2D eigenvalue weighted by Gasteiger charge is 2.32. The maximum Gasteiger partial charge on any atom is 0.0580 e. The summed E-state index contributed by atoms with van der Waals surface area (Å²) in [5.74, 6) is 1.71. The van der Waals surface area contributed by atoms with Crippen molar-refractivity contribution in [3.8, 4) is 0 Å². The molecule has 0 aromatic rings. The van der Waals surface area contributed by atoms with Gasteiger partial charge in [-0.2, -0.15) is 0 Å². The van der Waals surface area contributed by atoms with Gasteiger partial charge in [0.25, 0.3) is 0 Å². The van der Waals surface area contributed by atoms with E-state index < -0.39 is 0 Å². The van der Waals surface area contributed by atoms with Gasteiger partial charge in [0.15, 0.2) is 0 Å². The van der Waals surface area contributed by atoms with E-state index >= 15 is 0 Å². The topological polar surface area (TPSA) is 21.3 Å². The smallest absolute Gasteiger partial charge is 0.0580 e. The molecule has 18 heavy (non-hydrogen) atoms. The van der Waals surface area contributed by atoms with Gasteiger partial charge in [0, 0.05) is 12.6 Å². The van der Waals surface area contributed by atoms with Crippen molar-refractivity contribution in [1.29, 1.82) is 0 Å². The van der Waals surface area contributed by atoms with Crippen LogP contribution in [-0.2, 0) is 4.74 Å². The molecule has 2 atom stereocenters. The fourth-order valence-corrected chi connectivity index (χ4v) is 3.10. The van der Waals surface area contributed by atoms with Crippen molar-refractivity contribution in [2.75, 3.05) is 13.2 Å². The molecular formula is C16H33NO. The molecule has 2 unspecified atom stereocenters. The Morgan fingerprint density at radius 2 is 1.89 bits per heavy atom. The molecule has 0 saturated heterocycles. The predicted octanol–water partition coefficient (Wildman–Crippen LogP) is 4.00. The number of rotatable bonds is 10. The molecule has 0 spiro atoms. The zero-order valence-corrected chi connectivity index (χ0v) is 12.9. The van der Waals surface area contributed by atoms with Crippen LogP contribution in [-0.4, -0.2) is 25.3 Å². The normalized spacial score (nSPS) is 26.7. The summed E-state index contributed by atoms with van der Waals surface area (Å²) < 4.78 is 5.66. The quantitative estimate of drug-likeness (QED) is 0.637. The molecule has 0 bridgehead atoms. The molecule has 2 heteroatoms. The van der Waals surface area contributed by atoms with Crippen LogP contribution >= 0.6 is 0 Å². The molecule has 0 aromatic heterocycles. The van der Waals surface area contributed by atoms with E-state index in [0.29, 0.717) is 6.10 Å². The molecule has 108 valence electrons. The fraction of sp³-hybridized carbons (Fsp3) is 1.00. The Morgan fingerprint density at radius 1 is 1.17 bits per heavy atom. The standard InChI is InChI=1S/C16H33NO/c1-5-8-13(4)16(17-9-6-2)12-14-10-15(11-14)18-7-3/h13-17H,5-12H2,1-4H3. The van der Waals surface area contributed by atoms with Gasteiger partial charge in [-0.3, -0.25) is 0 Å². The number of hydrogen-bond acceptors (Lipinski definition) is 2. The molecule has 0 radical (unpaired) electrons. The van der Waals surface area contributed by atoms with Crippen molar-refractivity contribution in [1.82, 2.24) is 5.32 Å². The first-order chi connectivity index (χ1) is 8.71. The van der Waals surface area contributed by atoms with Crippen molar-refractivity contribution >= 4 is 0 Å². The van der Waals surface area contributed by atoms with Crippen molar-refractivity contribution in [2.24, 2.45) is 11.8 Å². The second-order valence-corrected chi connectivity index (χ2v) is 5.98. The van der Waals surface area contributed by atoms with Crippen LogP contribution in [0.4, 0.5) is 0 Å². The van der Waals surface area contributed by atoms with Crippen LogP contribution in [0.15, 0.2) is 0 Å². The fourth-order valence-electron chi connectivity index (χ4n) is 3.10. The van der Waals surface area contributed by atoms with E-state index in [0.717, 1.165) is 24.5 Å². The molecule has 0 aliphatic heterocycles. The third-order valence-corrected chi connectivity index (χ3v) is 4.27. The summed E-state index contributed by atoms with van der Waals surface area (Å²) in [7, 11) is 0. The molecule has 0 aromatic carbocycles. The molecule has 1 aliphatic rings. The summed E-state index contributed by atoms with van der Waals surface area (Å²) in [6, 6.07) is 0.720. The van der Waals surface area contributed by atoms with E-state index in [1.165, 1.54) is 45.1 Å². The maximum atomic E-state index is 5.66. The number of nitrogens with one attached hydrogen (secondary N) is 1. The molecule has 1 N–H and O–H groups in total. The molecule has 0 heterocycles. The highest BCUT2D eigenvalue weighted by molar-refractivity contribution is 4.85. The lowest BCUT2D eigenvalue weighted by Crippen LogP contribution is -2.41. The summed E-state index contributed by atoms with van der Waals surface area (Å²) in [6.45, 7) is 11.1. The SMILES string of the molecule is CCCNC(CC1CC(OCC)C1)C(C)CCC. The average molecular weight is 255 g/mol. The molecule has 1 fully saturated rings. The molecule has 1 saturated carbocycles. The highest BCUT2D eigenvalue weighted by Crippen LogP contribution is 2.35. The van der Waals surface area contributed by atoms with Crippen LogP contribution in [0, 0.1) is 11.8 Å². The second-order valence-electron chi connectivity index (χ2n) is 5.98. The van der Waals surface area contributed by atoms with Gasteiger partial charge in [-0.15, -0.1) is 0 Å². The monoisotopic (exact) mass is 255 g/mol. The third-order valence-electron chi connectivity index (χ3n) is 4.27. The Bertz CT molecular complexity index is 201. The van der Waals surface area contributed by atoms with Crippen LogP contribution in [0.1, 0.15) is 66.2 Å². The van der Waals surface area contributed by atoms with Gasteiger partial charge in [0.1, 0.15) is 0 Å². The van der Waals surface area contributed by atoms with Gasteiger partial charge in [0.2, 0.25) is 0 Å². The van der Waals surface area contributed by atoms with Crippen molar-refractivity contribution in [2.45, 2.75) is 78.4 Å². The van der Waals surface area contributed by atoms with Crippen LogP contribution in [0.25, 0.3) is 0 Å². The Kier molecular flexibility index (Phi) is 7.92. The lowest BCUT2D eigenvalue weighted by molar-refractivity contribution is -0.0306. The van der Waals surface area contributed by atoms with Crippen LogP contribution in [0.5, 0.6) is 0 Å². The molecule has 1 rings (SSSR count). The second kappa shape index (κ2) is 8.92. The summed E-state index contributed by atoms with van der Waals surface area (Å²) in [4.78, 5) is 0. The molecule has 0 amide bonds. The molecule has 2 nitrogen and oxygen atoms in total. The lowest BCUT2D eigenvalue weighted by Gasteiger charge is -2.38. The minimum atomic E-state index is 0.563. The van der Waals surface area contributed by atoms with E-state index in [9.17, 15) is 0 Å². The van der Waals surface area contributed by atoms with Crippen molar-refractivity contribution < 1.29 is 4.74 Å². The van der Waals surface area contributed by atoms with Gasteiger partial charge >= 0.3 is 0 Å². The van der Waals surface area contributed by atoms with E-state index in [1.54, 1.807) is 0 Å². The zero-order valence-electron chi connectivity index (χ0n) is 12.9. The van der Waals surface area contributed by atoms with Gasteiger partial charge in [-0.05, 0) is 57.4 Å². The van der Waals surface area contributed by atoms with E-state index in [4.69, 9.17) is 4.74 Å². The van der Waals surface area contributed by atoms with E-state index in [-0.39, 0.29) is 0 Å². The summed E-state index contributed by atoms with van der Waals surface area (Å²) in [6.07, 6.45) is 8.38. The molecular weight excluding hydrogens is 222 g/mol. The maximum absolute atomic E-state index is 5.66. The van der Waals surface area contributed by atoms with E-state index in [2.05, 4.69) is 33.0 Å². The van der Waals surface area contributed by atoms with Crippen molar-refractivity contribution in [3.63, 3.8) is 0 Å². The molecule has 1 aliphatic carbocycles. The summed E-state index contributed by atoms with van der Waals surface area (Å²) in [5.41, 5.74) is 0. The Hall–Kier alpha value is -0.0800. The first-order valence-electron chi connectivity index (χ1n) is 8.06. The van der Waals surface area contributed by atoms with Gasteiger partial charge in [-0.1, -0.05) is 27.2 Å². The first kappa shape index (κ1) is 16.0. The van der Waals surface area contributed by atoms with Crippen molar-refractivity contribution in [3.05, 3.63) is 0 Å². The summed E-state index contributed by atoms with van der Waals surface area (Å²) >= 11 is 0. The number of hydrogen-bond donors (Lipinski definition) is 1. The summed E-state index contributed by atoms with van der Waals surface area (Å²) in [5, 5.41) is 3.76. The first-order valence-corrected chi connectivity index (χ1v) is 8.06. The van der Waals surface area contributed by atoms with Crippen LogP contribution in [0.2, 0.25) is 0 Å². The number of ether oxygens (including phenoxy) is 1. The van der Waals surface area contributed by atoms with Crippen LogP contribution in [0.3, 0.4) is 0 Å². The largest absolute Gasteiger partial charge is 0.378 e. The van der Waals surface area contributed by atoms with E-state index in [1.807, 2.05) is 0 Å². The minimum Gasteiger partial charge on any atom is -0.378 e. The third kappa shape index (κ3) is 5.27. The Labute approximate surface area is 114 Å². The zero-order chi connectivity index (χ0) is 13.4. The van der Waals surface area contributed by atoms with Crippen LogP contribution < -0.4 is 5.32 Å². The average Bonchev–Trinajstić information content (AvgIpc) is 2.31. The van der Waals surface area contributed by atoms with Gasteiger partial charge in [-0.25, -0.2) is 0 Å². The lowest BCUT2D eigenvalue weighted by atomic mass is 9.76.